The van der Waals surface area contributed by atoms with Gasteiger partial charge in [-0.25, -0.2) is 8.42 Å². The minimum Gasteiger partial charge on any atom is -0.297 e. The summed E-state index contributed by atoms with van der Waals surface area (Å²) in [5, 5.41) is 0. The quantitative estimate of drug-likeness (QED) is 0.736. The van der Waals surface area contributed by atoms with Crippen LogP contribution in [0.15, 0.2) is 0 Å². The summed E-state index contributed by atoms with van der Waals surface area (Å²) < 4.78 is 22.3. The summed E-state index contributed by atoms with van der Waals surface area (Å²) in [6.45, 7) is 9.71. The third-order valence-corrected chi connectivity index (χ3v) is 4.69. The van der Waals surface area contributed by atoms with Crippen molar-refractivity contribution >= 4 is 9.84 Å². The lowest BCUT2D eigenvalue weighted by Gasteiger charge is -2.50. The van der Waals surface area contributed by atoms with Crippen molar-refractivity contribution in [3.05, 3.63) is 0 Å². The SMILES string of the molecule is CC(C)C(C)N1C[C@H](CS(C)(=O)=O)[C@H]1C. The molecule has 1 unspecified atom stereocenters. The van der Waals surface area contributed by atoms with Gasteiger partial charge in [0, 0.05) is 30.8 Å². The van der Waals surface area contributed by atoms with Gasteiger partial charge >= 0.3 is 0 Å². The molecule has 0 aromatic heterocycles. The Morgan fingerprint density at radius 2 is 1.87 bits per heavy atom. The molecular formula is C11H23NO2S. The summed E-state index contributed by atoms with van der Waals surface area (Å²) in [4.78, 5) is 2.40. The van der Waals surface area contributed by atoms with Crippen LogP contribution in [0.1, 0.15) is 27.7 Å². The number of hydrogen-bond donors (Lipinski definition) is 0. The Kier molecular flexibility index (Phi) is 3.82. The van der Waals surface area contributed by atoms with Crippen molar-refractivity contribution in [2.45, 2.75) is 39.8 Å². The largest absolute Gasteiger partial charge is 0.297 e. The third-order valence-electron chi connectivity index (χ3n) is 3.66. The van der Waals surface area contributed by atoms with Crippen LogP contribution < -0.4 is 0 Å². The number of likely N-dealkylation sites (tertiary alicyclic amines) is 1. The van der Waals surface area contributed by atoms with Crippen LogP contribution in [0.5, 0.6) is 0 Å². The fraction of sp³-hybridized carbons (Fsp3) is 1.00. The molecular weight excluding hydrogens is 210 g/mol. The van der Waals surface area contributed by atoms with E-state index in [0.29, 0.717) is 29.7 Å². The van der Waals surface area contributed by atoms with Crippen LogP contribution in [0, 0.1) is 11.8 Å². The Morgan fingerprint density at radius 1 is 1.33 bits per heavy atom. The van der Waals surface area contributed by atoms with Crippen molar-refractivity contribution in [3.8, 4) is 0 Å². The van der Waals surface area contributed by atoms with E-state index in [2.05, 4.69) is 32.6 Å². The van der Waals surface area contributed by atoms with Crippen LogP contribution in [0.2, 0.25) is 0 Å². The van der Waals surface area contributed by atoms with E-state index in [1.54, 1.807) is 0 Å². The predicted octanol–water partition coefficient (Wildman–Crippen LogP) is 1.40. The van der Waals surface area contributed by atoms with Gasteiger partial charge in [-0.15, -0.1) is 0 Å². The van der Waals surface area contributed by atoms with Crippen molar-refractivity contribution in [2.75, 3.05) is 18.6 Å². The van der Waals surface area contributed by atoms with E-state index in [1.807, 2.05) is 0 Å². The molecule has 0 radical (unpaired) electrons. The van der Waals surface area contributed by atoms with Crippen molar-refractivity contribution in [1.29, 1.82) is 0 Å². The molecule has 0 aliphatic carbocycles. The molecule has 0 N–H and O–H groups in total. The molecule has 3 atom stereocenters. The van der Waals surface area contributed by atoms with Gasteiger partial charge in [0.1, 0.15) is 9.84 Å². The van der Waals surface area contributed by atoms with E-state index >= 15 is 0 Å². The zero-order valence-corrected chi connectivity index (χ0v) is 11.2. The van der Waals surface area contributed by atoms with E-state index in [4.69, 9.17) is 0 Å². The van der Waals surface area contributed by atoms with Crippen LogP contribution in [0.25, 0.3) is 0 Å². The van der Waals surface area contributed by atoms with Crippen LogP contribution in [0.3, 0.4) is 0 Å². The van der Waals surface area contributed by atoms with E-state index < -0.39 is 9.84 Å². The van der Waals surface area contributed by atoms with Gasteiger partial charge in [0.05, 0.1) is 5.75 Å². The molecule has 0 aromatic carbocycles. The lowest BCUT2D eigenvalue weighted by Crippen LogP contribution is -2.60. The topological polar surface area (TPSA) is 37.4 Å². The number of rotatable bonds is 4. The summed E-state index contributed by atoms with van der Waals surface area (Å²) in [6, 6.07) is 0.966. The molecule has 1 aliphatic heterocycles. The highest BCUT2D eigenvalue weighted by molar-refractivity contribution is 7.90. The first-order valence-electron chi connectivity index (χ1n) is 5.66. The number of hydrogen-bond acceptors (Lipinski definition) is 3. The lowest BCUT2D eigenvalue weighted by molar-refractivity contribution is -0.0108. The first-order valence-corrected chi connectivity index (χ1v) is 7.72. The summed E-state index contributed by atoms with van der Waals surface area (Å²) in [6.07, 6.45) is 1.33. The summed E-state index contributed by atoms with van der Waals surface area (Å²) >= 11 is 0. The molecule has 1 rings (SSSR count). The normalized spacial score (nSPS) is 30.3. The fourth-order valence-corrected chi connectivity index (χ4v) is 3.39. The first-order chi connectivity index (χ1) is 6.72. The molecule has 1 saturated heterocycles. The smallest absolute Gasteiger partial charge is 0.147 e. The third kappa shape index (κ3) is 3.18. The minimum absolute atomic E-state index is 0.334. The van der Waals surface area contributed by atoms with Crippen molar-refractivity contribution in [1.82, 2.24) is 4.90 Å². The van der Waals surface area contributed by atoms with Gasteiger partial charge in [-0.1, -0.05) is 13.8 Å². The Morgan fingerprint density at radius 3 is 2.20 bits per heavy atom. The van der Waals surface area contributed by atoms with E-state index in [9.17, 15) is 8.42 Å². The molecule has 1 heterocycles. The average molecular weight is 233 g/mol. The van der Waals surface area contributed by atoms with Gasteiger partial charge < -0.3 is 0 Å². The molecule has 90 valence electrons. The van der Waals surface area contributed by atoms with Gasteiger partial charge in [-0.2, -0.15) is 0 Å². The van der Waals surface area contributed by atoms with Crippen LogP contribution in [0.4, 0.5) is 0 Å². The van der Waals surface area contributed by atoms with Gasteiger partial charge in [0.25, 0.3) is 0 Å². The van der Waals surface area contributed by atoms with Crippen molar-refractivity contribution < 1.29 is 8.42 Å². The Labute approximate surface area is 93.8 Å². The zero-order valence-electron chi connectivity index (χ0n) is 10.4. The minimum atomic E-state index is -2.81. The fourth-order valence-electron chi connectivity index (χ4n) is 2.22. The Hall–Kier alpha value is -0.0900. The van der Waals surface area contributed by atoms with Gasteiger partial charge in [-0.05, 0) is 19.8 Å². The lowest BCUT2D eigenvalue weighted by atomic mass is 9.87. The van der Waals surface area contributed by atoms with Gasteiger partial charge in [0.15, 0.2) is 0 Å². The predicted molar refractivity (Wildman–Crippen MR) is 63.7 cm³/mol. The van der Waals surface area contributed by atoms with Crippen LogP contribution in [-0.4, -0.2) is 44.0 Å². The summed E-state index contributed by atoms with van der Waals surface area (Å²) in [5.74, 6) is 1.31. The summed E-state index contributed by atoms with van der Waals surface area (Å²) in [5.41, 5.74) is 0. The van der Waals surface area contributed by atoms with Crippen LogP contribution >= 0.6 is 0 Å². The van der Waals surface area contributed by atoms with E-state index in [-0.39, 0.29) is 0 Å². The molecule has 15 heavy (non-hydrogen) atoms. The van der Waals surface area contributed by atoms with Crippen molar-refractivity contribution in [2.24, 2.45) is 11.8 Å². The van der Waals surface area contributed by atoms with Gasteiger partial charge in [-0.3, -0.25) is 4.90 Å². The molecule has 0 saturated carbocycles. The van der Waals surface area contributed by atoms with Crippen molar-refractivity contribution in [3.63, 3.8) is 0 Å². The Bertz CT molecular complexity index is 311. The second-order valence-corrected chi connectivity index (χ2v) is 7.46. The maximum atomic E-state index is 11.2. The Balaban J connectivity index is 2.48. The van der Waals surface area contributed by atoms with Gasteiger partial charge in [0.2, 0.25) is 0 Å². The molecule has 0 spiro atoms. The highest BCUT2D eigenvalue weighted by atomic mass is 32.2. The average Bonchev–Trinajstić information content (AvgIpc) is 2.08. The number of sulfone groups is 1. The first kappa shape index (κ1) is 13.0. The maximum absolute atomic E-state index is 11.2. The monoisotopic (exact) mass is 233 g/mol. The summed E-state index contributed by atoms with van der Waals surface area (Å²) in [7, 11) is -2.81. The molecule has 3 nitrogen and oxygen atoms in total. The molecule has 1 fully saturated rings. The zero-order chi connectivity index (χ0) is 11.8. The molecule has 0 bridgehead atoms. The van der Waals surface area contributed by atoms with E-state index in [0.717, 1.165) is 6.54 Å². The molecule has 0 amide bonds. The highest BCUT2D eigenvalue weighted by Gasteiger charge is 2.40. The number of nitrogens with zero attached hydrogens (tertiary/aromatic N) is 1. The van der Waals surface area contributed by atoms with Crippen LogP contribution in [-0.2, 0) is 9.84 Å². The van der Waals surface area contributed by atoms with E-state index in [1.165, 1.54) is 6.26 Å². The second kappa shape index (κ2) is 4.42. The highest BCUT2D eigenvalue weighted by Crippen LogP contribution is 2.30. The second-order valence-electron chi connectivity index (χ2n) is 5.27. The maximum Gasteiger partial charge on any atom is 0.147 e. The molecule has 1 aliphatic rings. The standard InChI is InChI=1S/C11H23NO2S/c1-8(2)9(3)12-6-11(10(12)4)7-15(5,13)14/h8-11H,6-7H2,1-5H3/t9?,10-,11-/m1/s1. The molecule has 0 aromatic rings. The molecule has 4 heteroatoms.